The van der Waals surface area contributed by atoms with E-state index in [4.69, 9.17) is 9.79 Å². The molecule has 15 heteroatoms. The zero-order valence-electron chi connectivity index (χ0n) is 11.2. The van der Waals surface area contributed by atoms with Gasteiger partial charge >= 0.3 is 23.8 Å². The van der Waals surface area contributed by atoms with Crippen molar-refractivity contribution in [2.45, 2.75) is 6.92 Å². The maximum atomic E-state index is 11.7. The Kier molecular flexibility index (Phi) is 5.96. The van der Waals surface area contributed by atoms with Crippen molar-refractivity contribution in [2.75, 3.05) is 17.9 Å². The topological polar surface area (TPSA) is 177 Å². The molecule has 1 heterocycles. The van der Waals surface area contributed by atoms with E-state index in [0.29, 0.717) is 17.8 Å². The van der Waals surface area contributed by atoms with Crippen molar-refractivity contribution < 1.29 is 36.6 Å². The third-order valence-electron chi connectivity index (χ3n) is 1.58. The molecule has 0 aromatic carbocycles. The second-order valence-electron chi connectivity index (χ2n) is 3.51. The Bertz CT molecular complexity index is 723. The first kappa shape index (κ1) is 18.4. The van der Waals surface area contributed by atoms with Crippen LogP contribution in [0.4, 0.5) is 5.13 Å². The number of carbonyl (C=O) groups is 1. The molecule has 0 saturated carbocycles. The fraction of sp³-hybridized carbons (Fsp3) is 0.429. The zero-order valence-corrected chi connectivity index (χ0v) is 13.7. The van der Waals surface area contributed by atoms with Gasteiger partial charge < -0.3 is 18.8 Å². The van der Waals surface area contributed by atoms with Crippen LogP contribution in [-0.4, -0.2) is 52.1 Å². The van der Waals surface area contributed by atoms with E-state index in [1.807, 2.05) is 0 Å². The number of aromatic nitrogens is 2. The molecule has 0 atom stereocenters. The smallest absolute Gasteiger partial charge is 0.395 e. The molecule has 0 saturated heterocycles. The van der Waals surface area contributed by atoms with Crippen LogP contribution in [0.25, 0.3) is 0 Å². The molecule has 1 aromatic heterocycles. The highest BCUT2D eigenvalue weighted by atomic mass is 32.2. The third-order valence-corrected chi connectivity index (χ3v) is 3.32. The van der Waals surface area contributed by atoms with E-state index in [2.05, 4.69) is 23.5 Å². The molecule has 0 spiro atoms. The Balaban J connectivity index is 3.08. The van der Waals surface area contributed by atoms with Crippen LogP contribution in [-0.2, 0) is 28.5 Å². The number of oxime groups is 1. The van der Waals surface area contributed by atoms with Crippen molar-refractivity contribution in [3.05, 3.63) is 5.82 Å². The molecule has 0 fully saturated rings. The van der Waals surface area contributed by atoms with E-state index in [1.54, 1.807) is 12.0 Å². The predicted octanol–water partition coefficient (Wildman–Crippen LogP) is -0.714. The minimum atomic E-state index is -4.61. The maximum absolute atomic E-state index is 11.7. The van der Waals surface area contributed by atoms with E-state index in [9.17, 15) is 17.8 Å². The van der Waals surface area contributed by atoms with Crippen LogP contribution < -0.4 is 5.09 Å². The highest BCUT2D eigenvalue weighted by molar-refractivity contribution is 7.86. The van der Waals surface area contributed by atoms with Gasteiger partial charge in [-0.15, -0.1) is 0 Å². The Morgan fingerprint density at radius 2 is 2.14 bits per heavy atom. The van der Waals surface area contributed by atoms with Crippen molar-refractivity contribution in [2.24, 2.45) is 5.16 Å². The summed E-state index contributed by atoms with van der Waals surface area (Å²) in [7, 11) is -8.71. The summed E-state index contributed by atoms with van der Waals surface area (Å²) in [4.78, 5) is 37.4. The molecule has 1 rings (SSSR count). The van der Waals surface area contributed by atoms with Gasteiger partial charge in [0.05, 0.1) is 6.26 Å². The quantitative estimate of drug-likeness (QED) is 0.237. The van der Waals surface area contributed by atoms with Gasteiger partial charge in [0.25, 0.3) is 0 Å². The number of hydrogen-bond acceptors (Lipinski definition) is 10. The lowest BCUT2D eigenvalue weighted by molar-refractivity contribution is -0.126. The van der Waals surface area contributed by atoms with Gasteiger partial charge in [0, 0.05) is 11.5 Å². The van der Waals surface area contributed by atoms with Gasteiger partial charge in [-0.1, -0.05) is 5.16 Å². The van der Waals surface area contributed by atoms with Gasteiger partial charge in [-0.25, -0.2) is 9.36 Å². The van der Waals surface area contributed by atoms with Gasteiger partial charge in [-0.2, -0.15) is 17.8 Å². The number of nitrogens with zero attached hydrogens (tertiary/aromatic N) is 3. The lowest BCUT2D eigenvalue weighted by Gasteiger charge is -2.03. The summed E-state index contributed by atoms with van der Waals surface area (Å²) in [6.45, 7) is 1.62. The number of carbonyl (C=O) groups excluding carboxylic acids is 1. The Labute approximate surface area is 128 Å². The average molecular weight is 374 g/mol. The third kappa shape index (κ3) is 6.44. The molecule has 12 nitrogen and oxygen atoms in total. The van der Waals surface area contributed by atoms with Crippen molar-refractivity contribution in [1.29, 1.82) is 0 Å². The first-order valence-corrected chi connectivity index (χ1v) is 9.53. The van der Waals surface area contributed by atoms with Crippen molar-refractivity contribution >= 4 is 46.2 Å². The van der Waals surface area contributed by atoms with E-state index in [1.165, 1.54) is 0 Å². The highest BCUT2D eigenvalue weighted by Gasteiger charge is 2.26. The molecule has 3 N–H and O–H groups in total. The average Bonchev–Trinajstić information content (AvgIpc) is 2.73. The van der Waals surface area contributed by atoms with Crippen LogP contribution in [0.3, 0.4) is 0 Å². The number of hydrogen-bond donors (Lipinski definition) is 3. The van der Waals surface area contributed by atoms with Crippen LogP contribution in [0.2, 0.25) is 0 Å². The Morgan fingerprint density at radius 1 is 1.50 bits per heavy atom. The van der Waals surface area contributed by atoms with E-state index in [0.717, 1.165) is 0 Å². The highest BCUT2D eigenvalue weighted by Crippen LogP contribution is 2.35. The normalized spacial score (nSPS) is 12.8. The van der Waals surface area contributed by atoms with Crippen molar-refractivity contribution in [3.63, 3.8) is 0 Å². The predicted molar refractivity (Wildman–Crippen MR) is 74.7 cm³/mol. The standard InChI is InChI=1S/C7H11N4O8PS2/c1-3-18-9-4(6(12)19-22(2,16)17)5-8-7(21-11-5)10-20(13,14)15/h3H2,1-2H3,(H3,8,10,11,13,14,15)/b9-4+. The molecular formula is C7H11N4O8PS2. The summed E-state index contributed by atoms with van der Waals surface area (Å²) in [5.74, 6) is -1.81. The van der Waals surface area contributed by atoms with Crippen LogP contribution in [0, 0.1) is 0 Å². The summed E-state index contributed by atoms with van der Waals surface area (Å²) in [5, 5.41) is 4.78. The first-order chi connectivity index (χ1) is 10.0. The Hall–Kier alpha value is -1.60. The molecule has 22 heavy (non-hydrogen) atoms. The summed E-state index contributed by atoms with van der Waals surface area (Å²) in [6, 6.07) is 0. The van der Waals surface area contributed by atoms with Crippen LogP contribution in [0.15, 0.2) is 5.16 Å². The van der Waals surface area contributed by atoms with Crippen LogP contribution in [0.1, 0.15) is 12.7 Å². The second-order valence-corrected chi connectivity index (χ2v) is 7.15. The van der Waals surface area contributed by atoms with Crippen LogP contribution >= 0.6 is 19.3 Å². The van der Waals surface area contributed by atoms with Crippen LogP contribution in [0.5, 0.6) is 0 Å². The molecule has 124 valence electrons. The number of nitrogens with one attached hydrogen (secondary N) is 1. The largest absolute Gasteiger partial charge is 0.429 e. The van der Waals surface area contributed by atoms with Gasteiger partial charge in [0.15, 0.2) is 0 Å². The molecule has 0 aliphatic rings. The monoisotopic (exact) mass is 374 g/mol. The summed E-state index contributed by atoms with van der Waals surface area (Å²) in [5.41, 5.74) is -0.665. The number of rotatable bonds is 7. The lowest BCUT2D eigenvalue weighted by Crippen LogP contribution is -2.23. The minimum absolute atomic E-state index is 0.0629. The minimum Gasteiger partial charge on any atom is -0.395 e. The Morgan fingerprint density at radius 3 is 2.64 bits per heavy atom. The molecule has 1 aromatic rings. The summed E-state index contributed by atoms with van der Waals surface area (Å²) >= 11 is 0.516. The van der Waals surface area contributed by atoms with E-state index in [-0.39, 0.29) is 11.7 Å². The van der Waals surface area contributed by atoms with Crippen molar-refractivity contribution in [1.82, 2.24) is 9.36 Å². The number of anilines is 1. The zero-order chi connectivity index (χ0) is 17.0. The van der Waals surface area contributed by atoms with E-state index < -0.39 is 35.4 Å². The van der Waals surface area contributed by atoms with Crippen molar-refractivity contribution in [3.8, 4) is 0 Å². The molecular weight excluding hydrogens is 363 g/mol. The fourth-order valence-corrected chi connectivity index (χ4v) is 2.57. The molecule has 0 aliphatic carbocycles. The SMILES string of the molecule is CCO/N=C(/C(=O)OS(C)(=O)=O)c1nsc(NP(=O)(O)O)n1. The molecule has 0 bridgehead atoms. The molecule has 0 aliphatic heterocycles. The molecule has 0 amide bonds. The molecule has 0 unspecified atom stereocenters. The fourth-order valence-electron chi connectivity index (χ4n) is 0.965. The second kappa shape index (κ2) is 7.11. The summed E-state index contributed by atoms with van der Waals surface area (Å²) < 4.78 is 40.4. The van der Waals surface area contributed by atoms with E-state index >= 15 is 0 Å². The lowest BCUT2D eigenvalue weighted by atomic mass is 10.4. The maximum Gasteiger partial charge on any atom is 0.429 e. The van der Waals surface area contributed by atoms with Gasteiger partial charge in [-0.3, -0.25) is 5.09 Å². The summed E-state index contributed by atoms with van der Waals surface area (Å²) in [6.07, 6.45) is 0.651. The molecule has 0 radical (unpaired) electrons. The van der Waals surface area contributed by atoms with Gasteiger partial charge in [0.2, 0.25) is 16.7 Å². The van der Waals surface area contributed by atoms with Gasteiger partial charge in [-0.05, 0) is 6.92 Å². The first-order valence-electron chi connectivity index (χ1n) is 5.33. The van der Waals surface area contributed by atoms with Gasteiger partial charge in [0.1, 0.15) is 6.61 Å².